The lowest BCUT2D eigenvalue weighted by molar-refractivity contribution is -0.138. The van der Waals surface area contributed by atoms with Crippen LogP contribution in [0.15, 0.2) is 23.1 Å². The molecule has 6 heteroatoms. The monoisotopic (exact) mass is 288 g/mol. The molecule has 98 valence electrons. The summed E-state index contributed by atoms with van der Waals surface area (Å²) in [5, 5.41) is 8.68. The van der Waals surface area contributed by atoms with Crippen LogP contribution in [0.5, 0.6) is 0 Å². The first kappa shape index (κ1) is 13.4. The summed E-state index contributed by atoms with van der Waals surface area (Å²) in [6.07, 6.45) is 1.35. The zero-order valence-electron chi connectivity index (χ0n) is 9.76. The maximum Gasteiger partial charge on any atom is 0.310 e. The Morgan fingerprint density at radius 3 is 2.50 bits per heavy atom. The first-order valence-electron chi connectivity index (χ1n) is 5.60. The summed E-state index contributed by atoms with van der Waals surface area (Å²) in [7, 11) is -3.34. The van der Waals surface area contributed by atoms with Crippen LogP contribution in [-0.4, -0.2) is 24.7 Å². The van der Waals surface area contributed by atoms with Gasteiger partial charge >= 0.3 is 5.97 Å². The van der Waals surface area contributed by atoms with Crippen LogP contribution in [0.2, 0.25) is 5.02 Å². The van der Waals surface area contributed by atoms with Crippen LogP contribution in [0.4, 0.5) is 0 Å². The average molecular weight is 289 g/mol. The molecule has 1 atom stereocenters. The Morgan fingerprint density at radius 1 is 1.44 bits per heavy atom. The minimum Gasteiger partial charge on any atom is -0.481 e. The number of sulfone groups is 1. The van der Waals surface area contributed by atoms with Crippen molar-refractivity contribution < 1.29 is 18.3 Å². The summed E-state index contributed by atoms with van der Waals surface area (Å²) in [6.45, 7) is 1.53. The van der Waals surface area contributed by atoms with Gasteiger partial charge in [-0.25, -0.2) is 8.42 Å². The topological polar surface area (TPSA) is 71.4 Å². The molecule has 0 aromatic heterocycles. The highest BCUT2D eigenvalue weighted by Gasteiger charge is 2.38. The van der Waals surface area contributed by atoms with Crippen molar-refractivity contribution in [1.82, 2.24) is 0 Å². The van der Waals surface area contributed by atoms with Gasteiger partial charge in [-0.05, 0) is 37.5 Å². The van der Waals surface area contributed by atoms with Crippen molar-refractivity contribution in [3.63, 3.8) is 0 Å². The first-order chi connectivity index (χ1) is 8.34. The molecule has 0 amide bonds. The lowest BCUT2D eigenvalue weighted by Crippen LogP contribution is -2.10. The molecule has 1 aromatic carbocycles. The first-order valence-corrected chi connectivity index (χ1v) is 7.52. The van der Waals surface area contributed by atoms with Gasteiger partial charge in [-0.3, -0.25) is 4.79 Å². The summed E-state index contributed by atoms with van der Waals surface area (Å²) in [5.74, 6) is -1.68. The minimum absolute atomic E-state index is 0.104. The molecular weight excluding hydrogens is 276 g/mol. The molecule has 0 aliphatic heterocycles. The number of halogens is 1. The van der Waals surface area contributed by atoms with Gasteiger partial charge in [0.1, 0.15) is 0 Å². The molecule has 1 aliphatic carbocycles. The van der Waals surface area contributed by atoms with Crippen molar-refractivity contribution in [1.29, 1.82) is 0 Å². The Balaban J connectivity index is 2.39. The number of benzene rings is 1. The fraction of sp³-hybridized carbons (Fsp3) is 0.417. The quantitative estimate of drug-likeness (QED) is 0.924. The van der Waals surface area contributed by atoms with Crippen molar-refractivity contribution in [2.24, 2.45) is 0 Å². The molecular formula is C12H13ClO4S. The zero-order chi connectivity index (χ0) is 13.5. The summed E-state index contributed by atoms with van der Waals surface area (Å²) in [6, 6.07) is 4.35. The Kier molecular flexibility index (Phi) is 3.38. The van der Waals surface area contributed by atoms with Gasteiger partial charge in [-0.15, -0.1) is 0 Å². The second kappa shape index (κ2) is 4.55. The molecule has 18 heavy (non-hydrogen) atoms. The van der Waals surface area contributed by atoms with E-state index in [2.05, 4.69) is 0 Å². The zero-order valence-corrected chi connectivity index (χ0v) is 11.3. The molecule has 1 aliphatic rings. The van der Waals surface area contributed by atoms with E-state index in [0.29, 0.717) is 18.4 Å². The Labute approximate surface area is 110 Å². The number of carboxylic acids is 1. The van der Waals surface area contributed by atoms with Gasteiger partial charge < -0.3 is 5.11 Å². The number of carbonyl (C=O) groups is 1. The van der Waals surface area contributed by atoms with E-state index in [-0.39, 0.29) is 15.2 Å². The van der Waals surface area contributed by atoms with Crippen molar-refractivity contribution >= 4 is 27.4 Å². The third-order valence-electron chi connectivity index (χ3n) is 3.10. The van der Waals surface area contributed by atoms with E-state index in [1.807, 2.05) is 0 Å². The molecule has 1 unspecified atom stereocenters. The molecule has 2 rings (SSSR count). The van der Waals surface area contributed by atoms with E-state index in [9.17, 15) is 13.2 Å². The van der Waals surface area contributed by atoms with Gasteiger partial charge in [0, 0.05) is 0 Å². The standard InChI is InChI=1S/C12H13ClO4S/c1-7(12(14)15)8-2-5-11(10(13)6-8)18(16,17)9-3-4-9/h2,5-7,9H,3-4H2,1H3,(H,14,15). The number of rotatable bonds is 4. The number of hydrogen-bond donors (Lipinski definition) is 1. The van der Waals surface area contributed by atoms with E-state index in [1.165, 1.54) is 25.1 Å². The minimum atomic E-state index is -3.34. The van der Waals surface area contributed by atoms with Crippen LogP contribution in [0.3, 0.4) is 0 Å². The lowest BCUT2D eigenvalue weighted by atomic mass is 10.0. The normalized spacial score (nSPS) is 17.4. The van der Waals surface area contributed by atoms with Crippen LogP contribution < -0.4 is 0 Å². The predicted molar refractivity (Wildman–Crippen MR) is 67.7 cm³/mol. The Morgan fingerprint density at radius 2 is 2.06 bits per heavy atom. The SMILES string of the molecule is CC(C(=O)O)c1ccc(S(=O)(=O)C2CC2)c(Cl)c1. The highest BCUT2D eigenvalue weighted by atomic mass is 35.5. The number of carboxylic acid groups (broad SMARTS) is 1. The third-order valence-corrected chi connectivity index (χ3v) is 5.84. The van der Waals surface area contributed by atoms with Gasteiger partial charge in [0.2, 0.25) is 0 Å². The fourth-order valence-corrected chi connectivity index (χ4v) is 3.93. The molecule has 0 bridgehead atoms. The molecule has 0 spiro atoms. The number of hydrogen-bond acceptors (Lipinski definition) is 3. The van der Waals surface area contributed by atoms with Crippen molar-refractivity contribution in [3.8, 4) is 0 Å². The van der Waals surface area contributed by atoms with Crippen molar-refractivity contribution in [2.45, 2.75) is 35.8 Å². The van der Waals surface area contributed by atoms with E-state index in [4.69, 9.17) is 16.7 Å². The van der Waals surface area contributed by atoms with Crippen LogP contribution in [-0.2, 0) is 14.6 Å². The maximum atomic E-state index is 12.0. The van der Waals surface area contributed by atoms with E-state index in [1.54, 1.807) is 0 Å². The van der Waals surface area contributed by atoms with E-state index < -0.39 is 21.7 Å². The second-order valence-electron chi connectivity index (χ2n) is 4.49. The van der Waals surface area contributed by atoms with Crippen LogP contribution in [0, 0.1) is 0 Å². The van der Waals surface area contributed by atoms with Crippen LogP contribution in [0.25, 0.3) is 0 Å². The fourth-order valence-electron chi connectivity index (χ4n) is 1.72. The molecule has 1 N–H and O–H groups in total. The van der Waals surface area contributed by atoms with Crippen LogP contribution in [0.1, 0.15) is 31.2 Å². The maximum absolute atomic E-state index is 12.0. The predicted octanol–water partition coefficient (Wildman–Crippen LogP) is 2.46. The highest BCUT2D eigenvalue weighted by Crippen LogP contribution is 2.37. The molecule has 1 saturated carbocycles. The summed E-state index contributed by atoms with van der Waals surface area (Å²) < 4.78 is 24.1. The summed E-state index contributed by atoms with van der Waals surface area (Å²) in [5.41, 5.74) is 0.502. The van der Waals surface area contributed by atoms with Crippen LogP contribution >= 0.6 is 11.6 Å². The number of aliphatic carboxylic acids is 1. The molecule has 0 heterocycles. The van der Waals surface area contributed by atoms with Gasteiger partial charge in [0.05, 0.1) is 21.1 Å². The van der Waals surface area contributed by atoms with Crippen molar-refractivity contribution in [2.75, 3.05) is 0 Å². The molecule has 4 nitrogen and oxygen atoms in total. The van der Waals surface area contributed by atoms with Gasteiger partial charge in [0.25, 0.3) is 0 Å². The largest absolute Gasteiger partial charge is 0.481 e. The smallest absolute Gasteiger partial charge is 0.310 e. The molecule has 1 aromatic rings. The molecule has 1 fully saturated rings. The Bertz CT molecular complexity index is 590. The average Bonchev–Trinajstić information content (AvgIpc) is 3.11. The molecule has 0 radical (unpaired) electrons. The van der Waals surface area contributed by atoms with Gasteiger partial charge in [-0.2, -0.15) is 0 Å². The Hall–Kier alpha value is -1.07. The van der Waals surface area contributed by atoms with Gasteiger partial charge in [0.15, 0.2) is 9.84 Å². The van der Waals surface area contributed by atoms with Gasteiger partial charge in [-0.1, -0.05) is 17.7 Å². The van der Waals surface area contributed by atoms with Crippen molar-refractivity contribution in [3.05, 3.63) is 28.8 Å². The highest BCUT2D eigenvalue weighted by molar-refractivity contribution is 7.92. The second-order valence-corrected chi connectivity index (χ2v) is 7.10. The third kappa shape index (κ3) is 2.37. The van der Waals surface area contributed by atoms with E-state index in [0.717, 1.165) is 0 Å². The molecule has 0 saturated heterocycles. The van der Waals surface area contributed by atoms with E-state index >= 15 is 0 Å². The lowest BCUT2D eigenvalue weighted by Gasteiger charge is -2.10. The summed E-state index contributed by atoms with van der Waals surface area (Å²) in [4.78, 5) is 11.0. The summed E-state index contributed by atoms with van der Waals surface area (Å²) >= 11 is 5.96.